The highest BCUT2D eigenvalue weighted by atomic mass is 16.5. The minimum absolute atomic E-state index is 0.0550. The second-order valence-corrected chi connectivity index (χ2v) is 5.10. The number of carbonyl (C=O) groups excluding carboxylic acids is 1. The first kappa shape index (κ1) is 16.4. The number of ether oxygens (including phenoxy) is 1. The Morgan fingerprint density at radius 1 is 1.43 bits per heavy atom. The maximum atomic E-state index is 11.9. The highest BCUT2D eigenvalue weighted by Crippen LogP contribution is 2.15. The number of rotatable bonds is 4. The average molecular weight is 319 g/mol. The SMILES string of the molecule is [N-]=[N+]=N[C@@H]1CCN(C(=O)O)C[C@H]1NC(=O)OCc1ccccc1. The van der Waals surface area contributed by atoms with Crippen LogP contribution in [0, 0.1) is 0 Å². The molecule has 2 rings (SSSR count). The van der Waals surface area contributed by atoms with Crippen molar-refractivity contribution >= 4 is 12.2 Å². The summed E-state index contributed by atoms with van der Waals surface area (Å²) in [5, 5.41) is 15.2. The zero-order valence-electron chi connectivity index (χ0n) is 12.3. The van der Waals surface area contributed by atoms with Gasteiger partial charge in [-0.2, -0.15) is 0 Å². The first-order chi connectivity index (χ1) is 11.1. The molecule has 0 radical (unpaired) electrons. The zero-order chi connectivity index (χ0) is 16.7. The van der Waals surface area contributed by atoms with Crippen molar-refractivity contribution in [1.29, 1.82) is 0 Å². The molecule has 23 heavy (non-hydrogen) atoms. The van der Waals surface area contributed by atoms with E-state index in [0.29, 0.717) is 6.42 Å². The van der Waals surface area contributed by atoms with Crippen LogP contribution in [0.1, 0.15) is 12.0 Å². The minimum Gasteiger partial charge on any atom is -0.465 e. The predicted octanol–water partition coefficient (Wildman–Crippen LogP) is 2.34. The van der Waals surface area contributed by atoms with Crippen LogP contribution in [0.15, 0.2) is 35.4 Å². The number of amides is 2. The van der Waals surface area contributed by atoms with Crippen molar-refractivity contribution in [3.8, 4) is 0 Å². The van der Waals surface area contributed by atoms with E-state index in [-0.39, 0.29) is 19.7 Å². The maximum absolute atomic E-state index is 11.9. The summed E-state index contributed by atoms with van der Waals surface area (Å²) >= 11 is 0. The Morgan fingerprint density at radius 3 is 2.83 bits per heavy atom. The fourth-order valence-electron chi connectivity index (χ4n) is 2.38. The van der Waals surface area contributed by atoms with Gasteiger partial charge < -0.3 is 20.1 Å². The molecule has 1 aromatic carbocycles. The number of nitrogens with one attached hydrogen (secondary N) is 1. The molecular formula is C14H17N5O4. The van der Waals surface area contributed by atoms with Crippen LogP contribution in [0.2, 0.25) is 0 Å². The summed E-state index contributed by atoms with van der Waals surface area (Å²) in [5.74, 6) is 0. The van der Waals surface area contributed by atoms with E-state index >= 15 is 0 Å². The van der Waals surface area contributed by atoms with E-state index in [0.717, 1.165) is 5.56 Å². The van der Waals surface area contributed by atoms with Gasteiger partial charge in [0, 0.05) is 18.0 Å². The fraction of sp³-hybridized carbons (Fsp3) is 0.429. The van der Waals surface area contributed by atoms with Gasteiger partial charge in [0.1, 0.15) is 6.61 Å². The smallest absolute Gasteiger partial charge is 0.407 e. The Balaban J connectivity index is 1.92. The summed E-state index contributed by atoms with van der Waals surface area (Å²) in [6.07, 6.45) is -1.40. The van der Waals surface area contributed by atoms with E-state index in [1.165, 1.54) is 4.90 Å². The van der Waals surface area contributed by atoms with Gasteiger partial charge in [0.15, 0.2) is 0 Å². The van der Waals surface area contributed by atoms with Gasteiger partial charge in [-0.3, -0.25) is 0 Å². The van der Waals surface area contributed by atoms with Crippen molar-refractivity contribution in [2.24, 2.45) is 5.11 Å². The maximum Gasteiger partial charge on any atom is 0.407 e. The number of carbonyl (C=O) groups is 2. The number of nitrogens with zero attached hydrogens (tertiary/aromatic N) is 4. The van der Waals surface area contributed by atoms with Gasteiger partial charge in [0.25, 0.3) is 0 Å². The van der Waals surface area contributed by atoms with E-state index in [9.17, 15) is 9.59 Å². The molecule has 0 bridgehead atoms. The van der Waals surface area contributed by atoms with Gasteiger partial charge in [0.05, 0.1) is 12.1 Å². The van der Waals surface area contributed by atoms with Crippen molar-refractivity contribution in [3.63, 3.8) is 0 Å². The lowest BCUT2D eigenvalue weighted by molar-refractivity contribution is 0.107. The Kier molecular flexibility index (Phi) is 5.65. The summed E-state index contributed by atoms with van der Waals surface area (Å²) in [7, 11) is 0. The molecule has 1 fully saturated rings. The lowest BCUT2D eigenvalue weighted by atomic mass is 10.0. The van der Waals surface area contributed by atoms with Gasteiger partial charge in [-0.15, -0.1) is 0 Å². The van der Waals surface area contributed by atoms with Crippen molar-refractivity contribution in [3.05, 3.63) is 46.3 Å². The van der Waals surface area contributed by atoms with Crippen LogP contribution in [0.25, 0.3) is 10.4 Å². The summed E-state index contributed by atoms with van der Waals surface area (Å²) in [5.41, 5.74) is 9.42. The second kappa shape index (κ2) is 7.90. The van der Waals surface area contributed by atoms with Crippen molar-refractivity contribution in [2.45, 2.75) is 25.1 Å². The quantitative estimate of drug-likeness (QED) is 0.501. The van der Waals surface area contributed by atoms with Crippen LogP contribution in [0.4, 0.5) is 9.59 Å². The number of alkyl carbamates (subject to hydrolysis) is 1. The number of benzene rings is 1. The molecule has 1 aliphatic heterocycles. The Bertz CT molecular complexity index is 602. The molecule has 0 unspecified atom stereocenters. The van der Waals surface area contributed by atoms with Crippen LogP contribution >= 0.6 is 0 Å². The molecule has 2 N–H and O–H groups in total. The molecule has 0 aromatic heterocycles. The van der Waals surface area contributed by atoms with E-state index in [2.05, 4.69) is 15.3 Å². The predicted molar refractivity (Wildman–Crippen MR) is 80.7 cm³/mol. The highest BCUT2D eigenvalue weighted by molar-refractivity contribution is 5.68. The lowest BCUT2D eigenvalue weighted by Crippen LogP contribution is -2.55. The van der Waals surface area contributed by atoms with Crippen LogP contribution in [-0.2, 0) is 11.3 Å². The normalized spacial score (nSPS) is 20.3. The first-order valence-electron chi connectivity index (χ1n) is 7.09. The van der Waals surface area contributed by atoms with Gasteiger partial charge >= 0.3 is 12.2 Å². The van der Waals surface area contributed by atoms with Gasteiger partial charge in [0.2, 0.25) is 0 Å². The molecule has 2 atom stereocenters. The third-order valence-corrected chi connectivity index (χ3v) is 3.56. The number of likely N-dealkylation sites (tertiary alicyclic amines) is 1. The monoisotopic (exact) mass is 319 g/mol. The number of hydrogen-bond acceptors (Lipinski definition) is 4. The molecule has 0 aliphatic carbocycles. The van der Waals surface area contributed by atoms with E-state index in [4.69, 9.17) is 15.4 Å². The average Bonchev–Trinajstić information content (AvgIpc) is 2.55. The first-order valence-corrected chi connectivity index (χ1v) is 7.09. The number of hydrogen-bond donors (Lipinski definition) is 2. The molecule has 0 saturated carbocycles. The zero-order valence-corrected chi connectivity index (χ0v) is 12.3. The second-order valence-electron chi connectivity index (χ2n) is 5.10. The molecule has 1 aromatic rings. The molecule has 1 heterocycles. The summed E-state index contributed by atoms with van der Waals surface area (Å²) < 4.78 is 5.10. The van der Waals surface area contributed by atoms with Crippen LogP contribution in [0.5, 0.6) is 0 Å². The van der Waals surface area contributed by atoms with Gasteiger partial charge in [-0.05, 0) is 17.5 Å². The van der Waals surface area contributed by atoms with Crippen molar-refractivity contribution in [1.82, 2.24) is 10.2 Å². The lowest BCUT2D eigenvalue weighted by Gasteiger charge is -2.35. The van der Waals surface area contributed by atoms with Crippen molar-refractivity contribution in [2.75, 3.05) is 13.1 Å². The van der Waals surface area contributed by atoms with Crippen LogP contribution < -0.4 is 5.32 Å². The Hall–Kier alpha value is -2.93. The fourth-order valence-corrected chi connectivity index (χ4v) is 2.38. The van der Waals surface area contributed by atoms with Gasteiger partial charge in [-0.1, -0.05) is 35.4 Å². The Morgan fingerprint density at radius 2 is 2.17 bits per heavy atom. The van der Waals surface area contributed by atoms with Gasteiger partial charge in [-0.25, -0.2) is 9.59 Å². The number of azide groups is 1. The number of piperidine rings is 1. The van der Waals surface area contributed by atoms with E-state index < -0.39 is 24.3 Å². The topological polar surface area (TPSA) is 128 Å². The standard InChI is InChI=1S/C14H17N5O4/c15-18-17-11-6-7-19(14(21)22)8-12(11)16-13(20)23-9-10-4-2-1-3-5-10/h1-5,11-12H,6-9H2,(H,16,20)(H,21,22)/t11-,12-/m1/s1. The molecule has 122 valence electrons. The minimum atomic E-state index is -1.08. The molecule has 2 amide bonds. The molecule has 1 aliphatic rings. The summed E-state index contributed by atoms with van der Waals surface area (Å²) in [6.45, 7) is 0.421. The largest absolute Gasteiger partial charge is 0.465 e. The van der Waals surface area contributed by atoms with Crippen molar-refractivity contribution < 1.29 is 19.4 Å². The highest BCUT2D eigenvalue weighted by Gasteiger charge is 2.32. The molecule has 9 heteroatoms. The molecule has 0 spiro atoms. The van der Waals surface area contributed by atoms with Crippen LogP contribution in [-0.4, -0.2) is 47.4 Å². The third kappa shape index (κ3) is 4.79. The third-order valence-electron chi connectivity index (χ3n) is 3.56. The summed E-state index contributed by atoms with van der Waals surface area (Å²) in [6, 6.07) is 8.06. The number of carboxylic acid groups (broad SMARTS) is 1. The Labute approximate surface area is 132 Å². The molecule has 9 nitrogen and oxygen atoms in total. The molecule has 1 saturated heterocycles. The summed E-state index contributed by atoms with van der Waals surface area (Å²) in [4.78, 5) is 26.8. The van der Waals surface area contributed by atoms with E-state index in [1.54, 1.807) is 0 Å². The van der Waals surface area contributed by atoms with E-state index in [1.807, 2.05) is 30.3 Å². The molecular weight excluding hydrogens is 302 g/mol. The van der Waals surface area contributed by atoms with Crippen LogP contribution in [0.3, 0.4) is 0 Å².